The molecule has 11 nitrogen and oxygen atoms in total. The van der Waals surface area contributed by atoms with Gasteiger partial charge in [-0.3, -0.25) is 0 Å². The number of nitrogen functional groups attached to an aromatic ring is 1. The second-order valence-electron chi connectivity index (χ2n) is 9.48. The van der Waals surface area contributed by atoms with Gasteiger partial charge in [0, 0.05) is 11.1 Å². The van der Waals surface area contributed by atoms with E-state index in [1.165, 1.54) is 6.33 Å². The highest BCUT2D eigenvalue weighted by atomic mass is 35.5. The summed E-state index contributed by atoms with van der Waals surface area (Å²) in [4.78, 5) is 24.2. The lowest BCUT2D eigenvalue weighted by atomic mass is 10.0. The van der Waals surface area contributed by atoms with Crippen molar-refractivity contribution in [2.75, 3.05) is 18.7 Å². The smallest absolute Gasteiger partial charge is 0.461 e. The third kappa shape index (κ3) is 9.25. The van der Waals surface area contributed by atoms with Gasteiger partial charge in [-0.25, -0.2) is 19.7 Å². The summed E-state index contributed by atoms with van der Waals surface area (Å²) in [6, 6.07) is 5.86. The van der Waals surface area contributed by atoms with E-state index in [1.54, 1.807) is 24.7 Å². The maximum Gasteiger partial charge on any atom is 0.461 e. The van der Waals surface area contributed by atoms with Crippen LogP contribution in [-0.2, 0) is 25.4 Å². The van der Waals surface area contributed by atoms with Gasteiger partial charge in [0.15, 0.2) is 17.0 Å². The Kier molecular flexibility index (Phi) is 12.0. The molecule has 0 fully saturated rings. The predicted octanol–water partition coefficient (Wildman–Crippen LogP) is 4.50. The molecule has 5 N–H and O–H groups in total. The zero-order valence-corrected chi connectivity index (χ0v) is 24.4. The van der Waals surface area contributed by atoms with Crippen molar-refractivity contribution in [1.29, 1.82) is 0 Å². The van der Waals surface area contributed by atoms with E-state index in [0.29, 0.717) is 30.1 Å². The van der Waals surface area contributed by atoms with Gasteiger partial charge in [-0.15, -0.1) is 0 Å². The number of nitrogens with one attached hydrogen (secondary N) is 1. The lowest BCUT2D eigenvalue weighted by Crippen LogP contribution is -2.44. The van der Waals surface area contributed by atoms with Crippen molar-refractivity contribution in [3.8, 4) is 0 Å². The molecular weight excluding hydrogens is 529 g/mol. The monoisotopic (exact) mass is 566 g/mol. The largest absolute Gasteiger partial charge is 0.464 e. The SMILES string of the molecule is CCCOC(=O)C(C)(C)N[P+](=O)COC(C)Cn1cnc2c(N)ncnc21.Cc1cc(Cl)ccc1C(C)N. The predicted molar refractivity (Wildman–Crippen MR) is 150 cm³/mol. The molecule has 0 saturated heterocycles. The average Bonchev–Trinajstić information content (AvgIpc) is 3.25. The number of halogens is 1. The molecule has 2 aromatic heterocycles. The van der Waals surface area contributed by atoms with E-state index in [2.05, 4.69) is 20.0 Å². The standard InChI is InChI=1S/C16H26N6O4P.C9H12ClN/c1-5-6-25-15(23)16(3,4)21-27(24)10-26-11(2)7-22-9-20-12-13(17)18-8-19-14(12)22;1-6-5-8(10)3-4-9(6)7(2)11/h8-9,11H,5-7,10H2,1-4H3,(H,21,24)(H2,17,18,19);3-5,7H,11H2,1-2H3/q+1;. The van der Waals surface area contributed by atoms with Crippen LogP contribution in [0.1, 0.15) is 58.2 Å². The number of carbonyl (C=O) groups is 1. The van der Waals surface area contributed by atoms with Crippen molar-refractivity contribution in [3.05, 3.63) is 47.0 Å². The molecule has 0 aliphatic rings. The number of carbonyl (C=O) groups excluding carboxylic acids is 1. The fraction of sp³-hybridized carbons (Fsp3) is 0.520. The van der Waals surface area contributed by atoms with Crippen LogP contribution in [-0.4, -0.2) is 50.1 Å². The number of rotatable bonds is 11. The van der Waals surface area contributed by atoms with Crippen molar-refractivity contribution >= 4 is 42.5 Å². The Morgan fingerprint density at radius 1 is 1.26 bits per heavy atom. The van der Waals surface area contributed by atoms with Crippen molar-refractivity contribution < 1.29 is 18.8 Å². The van der Waals surface area contributed by atoms with Gasteiger partial charge in [-0.2, -0.15) is 0 Å². The van der Waals surface area contributed by atoms with Gasteiger partial charge in [0.05, 0.1) is 25.6 Å². The molecule has 0 aliphatic heterocycles. The Hall–Kier alpha value is -2.69. The minimum absolute atomic E-state index is 0.0370. The fourth-order valence-electron chi connectivity index (χ4n) is 3.47. The first-order valence-electron chi connectivity index (χ1n) is 12.3. The minimum atomic E-state index is -1.95. The Bertz CT molecular complexity index is 1240. The molecular formula is C25H38ClN7O4P+. The Balaban J connectivity index is 0.000000384. The molecule has 3 atom stereocenters. The second kappa shape index (κ2) is 14.5. The van der Waals surface area contributed by atoms with Crippen molar-refractivity contribution in [2.45, 2.75) is 72.2 Å². The lowest BCUT2D eigenvalue weighted by Gasteiger charge is -2.18. The summed E-state index contributed by atoms with van der Waals surface area (Å²) >= 11 is 5.78. The Morgan fingerprint density at radius 2 is 1.97 bits per heavy atom. The Labute approximate surface area is 229 Å². The minimum Gasteiger partial charge on any atom is -0.464 e. The number of aryl methyl sites for hydroxylation is 1. The van der Waals surface area contributed by atoms with Gasteiger partial charge in [0.1, 0.15) is 11.8 Å². The van der Waals surface area contributed by atoms with E-state index in [0.717, 1.165) is 22.6 Å². The van der Waals surface area contributed by atoms with Crippen LogP contribution in [0.3, 0.4) is 0 Å². The van der Waals surface area contributed by atoms with Gasteiger partial charge in [0.2, 0.25) is 0 Å². The number of aromatic nitrogens is 4. The number of anilines is 1. The van der Waals surface area contributed by atoms with E-state index >= 15 is 0 Å². The number of hydrogen-bond donors (Lipinski definition) is 3. The zero-order chi connectivity index (χ0) is 28.5. The Morgan fingerprint density at radius 3 is 2.61 bits per heavy atom. The van der Waals surface area contributed by atoms with Gasteiger partial charge in [-0.1, -0.05) is 29.7 Å². The number of ether oxygens (including phenoxy) is 2. The third-order valence-electron chi connectivity index (χ3n) is 5.43. The molecule has 1 aromatic carbocycles. The molecule has 0 bridgehead atoms. The maximum absolute atomic E-state index is 12.2. The first kappa shape index (κ1) is 31.5. The first-order chi connectivity index (χ1) is 17.9. The van der Waals surface area contributed by atoms with E-state index in [4.69, 9.17) is 32.5 Å². The van der Waals surface area contributed by atoms with Crippen LogP contribution in [0, 0.1) is 6.92 Å². The number of esters is 1. The summed E-state index contributed by atoms with van der Waals surface area (Å²) in [7, 11) is -1.95. The molecule has 0 spiro atoms. The normalized spacial score (nSPS) is 13.4. The number of benzene rings is 1. The molecule has 0 amide bonds. The van der Waals surface area contributed by atoms with Crippen LogP contribution >= 0.6 is 19.6 Å². The third-order valence-corrected chi connectivity index (χ3v) is 6.86. The highest BCUT2D eigenvalue weighted by molar-refractivity contribution is 7.42. The number of nitrogens with two attached hydrogens (primary N) is 2. The van der Waals surface area contributed by atoms with Crippen molar-refractivity contribution in [3.63, 3.8) is 0 Å². The highest BCUT2D eigenvalue weighted by Crippen LogP contribution is 2.23. The number of hydrogen-bond acceptors (Lipinski definition) is 9. The van der Waals surface area contributed by atoms with E-state index < -0.39 is 19.5 Å². The topological polar surface area (TPSA) is 160 Å². The molecule has 0 radical (unpaired) electrons. The van der Waals surface area contributed by atoms with Crippen LogP contribution in [0.5, 0.6) is 0 Å². The van der Waals surface area contributed by atoms with Crippen LogP contribution in [0.25, 0.3) is 11.2 Å². The van der Waals surface area contributed by atoms with E-state index in [-0.39, 0.29) is 18.5 Å². The summed E-state index contributed by atoms with van der Waals surface area (Å²) < 4.78 is 24.8. The van der Waals surface area contributed by atoms with Crippen molar-refractivity contribution in [1.82, 2.24) is 24.6 Å². The summed E-state index contributed by atoms with van der Waals surface area (Å²) in [6.07, 6.45) is 3.43. The summed E-state index contributed by atoms with van der Waals surface area (Å²) in [5.74, 6) is -0.125. The van der Waals surface area contributed by atoms with E-state index in [1.807, 2.05) is 45.9 Å². The molecule has 3 rings (SSSR count). The first-order valence-corrected chi connectivity index (χ1v) is 14.1. The summed E-state index contributed by atoms with van der Waals surface area (Å²) in [6.45, 7) is 11.8. The number of imidazole rings is 1. The van der Waals surface area contributed by atoms with Crippen LogP contribution in [0.15, 0.2) is 30.9 Å². The maximum atomic E-state index is 12.2. The van der Waals surface area contributed by atoms with E-state index in [9.17, 15) is 9.36 Å². The summed E-state index contributed by atoms with van der Waals surface area (Å²) in [5, 5.41) is 3.54. The van der Waals surface area contributed by atoms with Gasteiger partial charge >= 0.3 is 13.9 Å². The molecule has 13 heteroatoms. The molecule has 3 unspecified atom stereocenters. The molecule has 38 heavy (non-hydrogen) atoms. The number of nitrogens with zero attached hydrogens (tertiary/aromatic N) is 4. The number of fused-ring (bicyclic) bond motifs is 1. The fourth-order valence-corrected chi connectivity index (χ4v) is 4.87. The average molecular weight is 567 g/mol. The molecule has 0 saturated carbocycles. The molecule has 2 heterocycles. The lowest BCUT2D eigenvalue weighted by molar-refractivity contribution is -0.149. The summed E-state index contributed by atoms with van der Waals surface area (Å²) in [5.41, 5.74) is 13.9. The quantitative estimate of drug-likeness (QED) is 0.222. The van der Waals surface area contributed by atoms with Crippen molar-refractivity contribution in [2.24, 2.45) is 5.73 Å². The van der Waals surface area contributed by atoms with Gasteiger partial charge in [0.25, 0.3) is 6.35 Å². The van der Waals surface area contributed by atoms with Crippen LogP contribution in [0.2, 0.25) is 5.02 Å². The molecule has 3 aromatic rings. The molecule has 0 aliphatic carbocycles. The van der Waals surface area contributed by atoms with Gasteiger partial charge in [-0.05, 0) is 68.9 Å². The molecule has 208 valence electrons. The van der Waals surface area contributed by atoms with Crippen LogP contribution in [0.4, 0.5) is 5.82 Å². The van der Waals surface area contributed by atoms with Crippen LogP contribution < -0.4 is 16.6 Å². The highest BCUT2D eigenvalue weighted by Gasteiger charge is 2.37. The zero-order valence-electron chi connectivity index (χ0n) is 22.8. The van der Waals surface area contributed by atoms with Gasteiger partial charge < -0.3 is 25.5 Å². The second-order valence-corrected chi connectivity index (χ2v) is 11.2.